The van der Waals surface area contributed by atoms with Crippen molar-refractivity contribution in [3.05, 3.63) is 89.2 Å². The van der Waals surface area contributed by atoms with Gasteiger partial charge >= 0.3 is 0 Å². The van der Waals surface area contributed by atoms with Crippen molar-refractivity contribution in [2.75, 3.05) is 13.1 Å². The van der Waals surface area contributed by atoms with Crippen LogP contribution >= 0.6 is 11.6 Å². The molecule has 4 rings (SSSR count). The Labute approximate surface area is 187 Å². The maximum absolute atomic E-state index is 13.1. The third-order valence-corrected chi connectivity index (χ3v) is 5.81. The molecule has 3 aromatic rings. The third kappa shape index (κ3) is 5.12. The predicted molar refractivity (Wildman–Crippen MR) is 122 cm³/mol. The summed E-state index contributed by atoms with van der Waals surface area (Å²) in [4.78, 5) is 31.7. The number of rotatable bonds is 6. The Morgan fingerprint density at radius 2 is 2.00 bits per heavy atom. The summed E-state index contributed by atoms with van der Waals surface area (Å²) in [6.45, 7) is 0.988. The van der Waals surface area contributed by atoms with Crippen molar-refractivity contribution in [1.82, 2.24) is 15.2 Å². The molecule has 6 heteroatoms. The van der Waals surface area contributed by atoms with E-state index in [1.807, 2.05) is 66.9 Å². The summed E-state index contributed by atoms with van der Waals surface area (Å²) >= 11 is 6.05. The van der Waals surface area contributed by atoms with Gasteiger partial charge in [0.15, 0.2) is 0 Å². The Kier molecular flexibility index (Phi) is 6.63. The largest absolute Gasteiger partial charge is 0.353 e. The van der Waals surface area contributed by atoms with Crippen LogP contribution in [-0.2, 0) is 22.4 Å². The van der Waals surface area contributed by atoms with E-state index in [-0.39, 0.29) is 11.8 Å². The number of nitrogens with one attached hydrogen (secondary N) is 1. The second kappa shape index (κ2) is 9.75. The van der Waals surface area contributed by atoms with Crippen LogP contribution in [0.25, 0.3) is 11.1 Å². The van der Waals surface area contributed by atoms with E-state index in [1.54, 1.807) is 11.1 Å². The molecule has 1 N–H and O–H groups in total. The second-order valence-electron chi connectivity index (χ2n) is 7.63. The molecule has 1 fully saturated rings. The highest BCUT2D eigenvalue weighted by molar-refractivity contribution is 6.30. The molecule has 0 aliphatic carbocycles. The summed E-state index contributed by atoms with van der Waals surface area (Å²) in [5.41, 5.74) is 4.06. The summed E-state index contributed by atoms with van der Waals surface area (Å²) in [7, 11) is 0. The lowest BCUT2D eigenvalue weighted by Crippen LogP contribution is -2.58. The highest BCUT2D eigenvalue weighted by Gasteiger charge is 2.33. The molecule has 0 radical (unpaired) electrons. The fourth-order valence-corrected chi connectivity index (χ4v) is 4.23. The van der Waals surface area contributed by atoms with E-state index in [2.05, 4.69) is 10.3 Å². The first-order valence-corrected chi connectivity index (χ1v) is 10.8. The molecular weight excluding hydrogens is 410 g/mol. The summed E-state index contributed by atoms with van der Waals surface area (Å²) in [5, 5.41) is 3.57. The topological polar surface area (TPSA) is 62.3 Å². The van der Waals surface area contributed by atoms with Gasteiger partial charge in [-0.05, 0) is 41.3 Å². The molecule has 0 saturated carbocycles. The summed E-state index contributed by atoms with van der Waals surface area (Å²) in [6.07, 6.45) is 4.94. The fourth-order valence-electron chi connectivity index (χ4n) is 4.01. The molecule has 1 aliphatic rings. The van der Waals surface area contributed by atoms with Gasteiger partial charge in [0.2, 0.25) is 11.8 Å². The number of pyridine rings is 1. The number of piperazine rings is 1. The molecule has 5 nitrogen and oxygen atoms in total. The van der Waals surface area contributed by atoms with Crippen LogP contribution in [0.1, 0.15) is 17.5 Å². The number of hydrogen-bond acceptors (Lipinski definition) is 3. The maximum atomic E-state index is 13.1. The van der Waals surface area contributed by atoms with Crippen molar-refractivity contribution in [3.8, 4) is 11.1 Å². The molecule has 1 aliphatic heterocycles. The Bertz CT molecular complexity index is 1070. The SMILES string of the molecule is O=C1NCCN(C(=O)CCc2cccc(Cl)c2)C1Cc1ccccc1-c1cccnc1. The zero-order valence-electron chi connectivity index (χ0n) is 17.1. The quantitative estimate of drug-likeness (QED) is 0.641. The monoisotopic (exact) mass is 433 g/mol. The fraction of sp³-hybridized carbons (Fsp3) is 0.240. The highest BCUT2D eigenvalue weighted by Crippen LogP contribution is 2.25. The molecule has 1 aromatic heterocycles. The van der Waals surface area contributed by atoms with Crippen molar-refractivity contribution < 1.29 is 9.59 Å². The van der Waals surface area contributed by atoms with Crippen LogP contribution in [0.2, 0.25) is 5.02 Å². The zero-order valence-corrected chi connectivity index (χ0v) is 17.9. The molecule has 158 valence electrons. The lowest BCUT2D eigenvalue weighted by Gasteiger charge is -2.35. The highest BCUT2D eigenvalue weighted by atomic mass is 35.5. The molecule has 2 amide bonds. The van der Waals surface area contributed by atoms with Gasteiger partial charge in [-0.15, -0.1) is 0 Å². The first-order chi connectivity index (χ1) is 15.1. The van der Waals surface area contributed by atoms with E-state index in [4.69, 9.17) is 11.6 Å². The van der Waals surface area contributed by atoms with Crippen molar-refractivity contribution in [3.63, 3.8) is 0 Å². The zero-order chi connectivity index (χ0) is 21.6. The lowest BCUT2D eigenvalue weighted by molar-refractivity contribution is -0.143. The molecule has 0 bridgehead atoms. The van der Waals surface area contributed by atoms with Gasteiger partial charge in [-0.3, -0.25) is 14.6 Å². The number of amides is 2. The minimum Gasteiger partial charge on any atom is -0.353 e. The lowest BCUT2D eigenvalue weighted by atomic mass is 9.94. The molecule has 1 saturated heterocycles. The van der Waals surface area contributed by atoms with E-state index in [9.17, 15) is 9.59 Å². The molecule has 1 atom stereocenters. The number of carbonyl (C=O) groups excluding carboxylic acids is 2. The summed E-state index contributed by atoms with van der Waals surface area (Å²) in [5.74, 6) is -0.123. The maximum Gasteiger partial charge on any atom is 0.243 e. The Morgan fingerprint density at radius 3 is 2.81 bits per heavy atom. The van der Waals surface area contributed by atoms with Gasteiger partial charge < -0.3 is 10.2 Å². The van der Waals surface area contributed by atoms with Gasteiger partial charge in [0, 0.05) is 48.9 Å². The van der Waals surface area contributed by atoms with Crippen molar-refractivity contribution in [1.29, 1.82) is 0 Å². The van der Waals surface area contributed by atoms with Crippen molar-refractivity contribution >= 4 is 23.4 Å². The van der Waals surface area contributed by atoms with Crippen LogP contribution in [0.4, 0.5) is 0 Å². The molecule has 31 heavy (non-hydrogen) atoms. The van der Waals surface area contributed by atoms with Crippen LogP contribution in [0.3, 0.4) is 0 Å². The molecule has 1 unspecified atom stereocenters. The number of nitrogens with zero attached hydrogens (tertiary/aromatic N) is 2. The van der Waals surface area contributed by atoms with Gasteiger partial charge in [-0.2, -0.15) is 0 Å². The first-order valence-electron chi connectivity index (χ1n) is 10.4. The smallest absolute Gasteiger partial charge is 0.243 e. The van der Waals surface area contributed by atoms with E-state index in [1.165, 1.54) is 0 Å². The minimum atomic E-state index is -0.529. The summed E-state index contributed by atoms with van der Waals surface area (Å²) < 4.78 is 0. The van der Waals surface area contributed by atoms with Crippen LogP contribution in [0, 0.1) is 0 Å². The van der Waals surface area contributed by atoms with Gasteiger partial charge in [-0.25, -0.2) is 0 Å². The number of carbonyl (C=O) groups is 2. The van der Waals surface area contributed by atoms with Gasteiger partial charge in [0.25, 0.3) is 0 Å². The normalized spacial score (nSPS) is 16.1. The number of benzene rings is 2. The number of aromatic nitrogens is 1. The van der Waals surface area contributed by atoms with Crippen LogP contribution in [-0.4, -0.2) is 40.8 Å². The molecule has 0 spiro atoms. The number of aryl methyl sites for hydroxylation is 1. The van der Waals surface area contributed by atoms with Crippen molar-refractivity contribution in [2.24, 2.45) is 0 Å². The van der Waals surface area contributed by atoms with Gasteiger partial charge in [0.1, 0.15) is 6.04 Å². The van der Waals surface area contributed by atoms with Crippen LogP contribution in [0.15, 0.2) is 73.1 Å². The number of halogens is 1. The summed E-state index contributed by atoms with van der Waals surface area (Å²) in [6, 6.07) is 18.9. The second-order valence-corrected chi connectivity index (χ2v) is 8.06. The van der Waals surface area contributed by atoms with Crippen molar-refractivity contribution in [2.45, 2.75) is 25.3 Å². The standard InChI is InChI=1S/C25H24ClN3O2/c26-21-8-3-5-18(15-21)10-11-24(30)29-14-13-28-25(31)23(29)16-19-6-1-2-9-22(19)20-7-4-12-27-17-20/h1-9,12,15,17,23H,10-11,13-14,16H2,(H,28,31). The minimum absolute atomic E-state index is 0.0151. The third-order valence-electron chi connectivity index (χ3n) is 5.57. The predicted octanol–water partition coefficient (Wildman–Crippen LogP) is 3.90. The van der Waals surface area contributed by atoms with Gasteiger partial charge in [0.05, 0.1) is 0 Å². The van der Waals surface area contributed by atoms with Crippen LogP contribution < -0.4 is 5.32 Å². The number of hydrogen-bond donors (Lipinski definition) is 1. The first kappa shape index (κ1) is 21.1. The Morgan fingerprint density at radius 1 is 1.13 bits per heavy atom. The van der Waals surface area contributed by atoms with Gasteiger partial charge in [-0.1, -0.05) is 54.1 Å². The van der Waals surface area contributed by atoms with E-state index < -0.39 is 6.04 Å². The Balaban J connectivity index is 1.52. The Hall–Kier alpha value is -3.18. The molecule has 2 aromatic carbocycles. The molecular formula is C25H24ClN3O2. The van der Waals surface area contributed by atoms with E-state index in [0.717, 1.165) is 22.3 Å². The van der Waals surface area contributed by atoms with Crippen LogP contribution in [0.5, 0.6) is 0 Å². The molecule has 2 heterocycles. The van der Waals surface area contributed by atoms with E-state index in [0.29, 0.717) is 37.4 Å². The van der Waals surface area contributed by atoms with E-state index >= 15 is 0 Å². The average molecular weight is 434 g/mol. The average Bonchev–Trinajstić information content (AvgIpc) is 2.80.